The summed E-state index contributed by atoms with van der Waals surface area (Å²) in [5, 5.41) is 9.03. The summed E-state index contributed by atoms with van der Waals surface area (Å²) in [6, 6.07) is 6.27. The van der Waals surface area contributed by atoms with Crippen molar-refractivity contribution < 1.29 is 14.7 Å². The predicted octanol–water partition coefficient (Wildman–Crippen LogP) is 3.05. The van der Waals surface area contributed by atoms with Crippen LogP contribution in [0.2, 0.25) is 0 Å². The zero-order chi connectivity index (χ0) is 17.7. The van der Waals surface area contributed by atoms with Gasteiger partial charge >= 0.3 is 5.97 Å². The van der Waals surface area contributed by atoms with Crippen molar-refractivity contribution in [2.45, 2.75) is 45.7 Å². The topological polar surface area (TPSA) is 60.9 Å². The van der Waals surface area contributed by atoms with Gasteiger partial charge in [0.1, 0.15) is 6.54 Å². The second-order valence-corrected chi connectivity index (χ2v) is 7.28. The molecule has 2 rings (SSSR count). The number of nitrogens with zero attached hydrogens (tertiary/aromatic N) is 2. The summed E-state index contributed by atoms with van der Waals surface area (Å²) >= 11 is 3.58. The highest BCUT2D eigenvalue weighted by Gasteiger charge is 2.26. The number of aliphatic carboxylic acids is 1. The van der Waals surface area contributed by atoms with Gasteiger partial charge in [0.25, 0.3) is 0 Å². The van der Waals surface area contributed by atoms with Gasteiger partial charge in [-0.3, -0.25) is 14.5 Å². The molecule has 132 valence electrons. The number of halogens is 1. The summed E-state index contributed by atoms with van der Waals surface area (Å²) in [5.41, 5.74) is 2.56. The number of hydrogen-bond acceptors (Lipinski definition) is 3. The lowest BCUT2D eigenvalue weighted by Gasteiger charge is -2.29. The van der Waals surface area contributed by atoms with Gasteiger partial charge in [0.05, 0.1) is 0 Å². The number of carboxylic acid groups (broad SMARTS) is 1. The van der Waals surface area contributed by atoms with Crippen molar-refractivity contribution in [3.05, 3.63) is 33.8 Å². The van der Waals surface area contributed by atoms with Crippen LogP contribution in [0.15, 0.2) is 22.7 Å². The SMILES string of the molecule is CC(=O)N(CC(=O)O)C1CCCN(Cc2cccc(Br)c2C)CC1. The minimum Gasteiger partial charge on any atom is -0.480 e. The lowest BCUT2D eigenvalue weighted by molar-refractivity contribution is -0.145. The Morgan fingerprint density at radius 2 is 2.08 bits per heavy atom. The van der Waals surface area contributed by atoms with Crippen molar-refractivity contribution in [3.63, 3.8) is 0 Å². The third-order valence-electron chi connectivity index (χ3n) is 4.71. The lowest BCUT2D eigenvalue weighted by atomic mass is 10.1. The Kier molecular flexibility index (Phi) is 6.80. The molecule has 5 nitrogen and oxygen atoms in total. The van der Waals surface area contributed by atoms with E-state index in [1.807, 2.05) is 6.07 Å². The number of benzene rings is 1. The van der Waals surface area contributed by atoms with Gasteiger partial charge < -0.3 is 10.0 Å². The largest absolute Gasteiger partial charge is 0.480 e. The normalized spacial score (nSPS) is 18.9. The highest BCUT2D eigenvalue weighted by molar-refractivity contribution is 9.10. The second kappa shape index (κ2) is 8.62. The van der Waals surface area contributed by atoms with Crippen LogP contribution in [-0.2, 0) is 16.1 Å². The summed E-state index contributed by atoms with van der Waals surface area (Å²) in [5.74, 6) is -1.10. The molecular weight excluding hydrogens is 372 g/mol. The minimum absolute atomic E-state index is 0.0206. The summed E-state index contributed by atoms with van der Waals surface area (Å²) in [7, 11) is 0. The Bertz CT molecular complexity index is 606. The van der Waals surface area contributed by atoms with E-state index in [0.29, 0.717) is 0 Å². The summed E-state index contributed by atoms with van der Waals surface area (Å²) in [6.45, 7) is 6.10. The predicted molar refractivity (Wildman–Crippen MR) is 96.8 cm³/mol. The molecule has 1 atom stereocenters. The van der Waals surface area contributed by atoms with E-state index in [1.54, 1.807) is 0 Å². The van der Waals surface area contributed by atoms with E-state index in [-0.39, 0.29) is 18.5 Å². The smallest absolute Gasteiger partial charge is 0.323 e. The Morgan fingerprint density at radius 3 is 2.75 bits per heavy atom. The molecule has 0 aromatic heterocycles. The number of carbonyl (C=O) groups excluding carboxylic acids is 1. The first-order chi connectivity index (χ1) is 11.4. The molecule has 24 heavy (non-hydrogen) atoms. The van der Waals surface area contributed by atoms with Crippen LogP contribution in [0, 0.1) is 6.92 Å². The molecule has 6 heteroatoms. The molecule has 1 heterocycles. The van der Waals surface area contributed by atoms with Crippen molar-refractivity contribution >= 4 is 27.8 Å². The quantitative estimate of drug-likeness (QED) is 0.830. The monoisotopic (exact) mass is 396 g/mol. The number of amides is 1. The van der Waals surface area contributed by atoms with Crippen LogP contribution in [-0.4, -0.2) is 52.5 Å². The van der Waals surface area contributed by atoms with Crippen LogP contribution in [0.1, 0.15) is 37.3 Å². The van der Waals surface area contributed by atoms with Gasteiger partial charge in [-0.05, 0) is 49.9 Å². The first-order valence-corrected chi connectivity index (χ1v) is 9.13. The Hall–Kier alpha value is -1.40. The van der Waals surface area contributed by atoms with Crippen LogP contribution in [0.5, 0.6) is 0 Å². The maximum absolute atomic E-state index is 11.8. The Morgan fingerprint density at radius 1 is 1.33 bits per heavy atom. The zero-order valence-electron chi connectivity index (χ0n) is 14.3. The van der Waals surface area contributed by atoms with E-state index < -0.39 is 5.97 Å². The third kappa shape index (κ3) is 5.05. The van der Waals surface area contributed by atoms with Crippen LogP contribution in [0.3, 0.4) is 0 Å². The minimum atomic E-state index is -0.948. The Balaban J connectivity index is 2.00. The van der Waals surface area contributed by atoms with E-state index in [1.165, 1.54) is 23.0 Å². The molecule has 1 aliphatic rings. The fourth-order valence-electron chi connectivity index (χ4n) is 3.32. The molecule has 0 bridgehead atoms. The number of likely N-dealkylation sites (tertiary alicyclic amines) is 1. The van der Waals surface area contributed by atoms with Crippen LogP contribution >= 0.6 is 15.9 Å². The number of hydrogen-bond donors (Lipinski definition) is 1. The molecule has 1 aromatic carbocycles. The van der Waals surface area contributed by atoms with Crippen molar-refractivity contribution in [1.82, 2.24) is 9.80 Å². The molecule has 0 radical (unpaired) electrons. The average Bonchev–Trinajstić information content (AvgIpc) is 2.74. The fourth-order valence-corrected chi connectivity index (χ4v) is 3.72. The van der Waals surface area contributed by atoms with E-state index in [9.17, 15) is 9.59 Å². The van der Waals surface area contributed by atoms with Crippen molar-refractivity contribution in [2.75, 3.05) is 19.6 Å². The summed E-state index contributed by atoms with van der Waals surface area (Å²) < 4.78 is 1.12. The summed E-state index contributed by atoms with van der Waals surface area (Å²) in [6.07, 6.45) is 2.65. The number of carbonyl (C=O) groups is 2. The molecule has 0 spiro atoms. The molecule has 0 saturated carbocycles. The highest BCUT2D eigenvalue weighted by atomic mass is 79.9. The van der Waals surface area contributed by atoms with Crippen LogP contribution < -0.4 is 0 Å². The standard InChI is InChI=1S/C18H25BrN2O3/c1-13-15(5-3-7-17(13)19)11-20-9-4-6-16(8-10-20)21(14(2)22)12-18(23)24/h3,5,7,16H,4,6,8-12H2,1-2H3,(H,23,24). The molecule has 1 unspecified atom stereocenters. The van der Waals surface area contributed by atoms with Gasteiger partial charge in [-0.25, -0.2) is 0 Å². The van der Waals surface area contributed by atoms with Gasteiger partial charge in [-0.2, -0.15) is 0 Å². The summed E-state index contributed by atoms with van der Waals surface area (Å²) in [4.78, 5) is 26.7. The molecular formula is C18H25BrN2O3. The van der Waals surface area contributed by atoms with Crippen LogP contribution in [0.4, 0.5) is 0 Å². The van der Waals surface area contributed by atoms with Crippen molar-refractivity contribution in [3.8, 4) is 0 Å². The number of carboxylic acids is 1. The molecule has 1 aliphatic heterocycles. The number of rotatable bonds is 5. The van der Waals surface area contributed by atoms with Crippen molar-refractivity contribution in [2.24, 2.45) is 0 Å². The fraction of sp³-hybridized carbons (Fsp3) is 0.556. The van der Waals surface area contributed by atoms with E-state index in [0.717, 1.165) is 43.4 Å². The van der Waals surface area contributed by atoms with Crippen molar-refractivity contribution in [1.29, 1.82) is 0 Å². The maximum Gasteiger partial charge on any atom is 0.323 e. The van der Waals surface area contributed by atoms with Crippen LogP contribution in [0.25, 0.3) is 0 Å². The molecule has 1 N–H and O–H groups in total. The molecule has 1 amide bonds. The first-order valence-electron chi connectivity index (χ1n) is 8.34. The highest BCUT2D eigenvalue weighted by Crippen LogP contribution is 2.23. The first kappa shape index (κ1) is 18.9. The molecule has 1 fully saturated rings. The van der Waals surface area contributed by atoms with Gasteiger partial charge in [0.2, 0.25) is 5.91 Å². The van der Waals surface area contributed by atoms with Gasteiger partial charge in [-0.15, -0.1) is 0 Å². The molecule has 0 aliphatic carbocycles. The van der Waals surface area contributed by atoms with E-state index in [4.69, 9.17) is 5.11 Å². The van der Waals surface area contributed by atoms with E-state index >= 15 is 0 Å². The zero-order valence-corrected chi connectivity index (χ0v) is 15.9. The second-order valence-electron chi connectivity index (χ2n) is 6.43. The maximum atomic E-state index is 11.8. The Labute approximate surface area is 151 Å². The van der Waals surface area contributed by atoms with Gasteiger partial charge in [-0.1, -0.05) is 28.1 Å². The lowest BCUT2D eigenvalue weighted by Crippen LogP contribution is -2.42. The molecule has 1 aromatic rings. The van der Waals surface area contributed by atoms with E-state index in [2.05, 4.69) is 39.9 Å². The van der Waals surface area contributed by atoms with Gasteiger partial charge in [0.15, 0.2) is 0 Å². The van der Waals surface area contributed by atoms with Gasteiger partial charge in [0, 0.05) is 30.5 Å². The third-order valence-corrected chi connectivity index (χ3v) is 5.57. The molecule has 1 saturated heterocycles. The average molecular weight is 397 g/mol.